The highest BCUT2D eigenvalue weighted by Gasteiger charge is 2.39. The summed E-state index contributed by atoms with van der Waals surface area (Å²) in [6.45, 7) is 6.14. The number of nitrogens with one attached hydrogen (secondary N) is 1. The van der Waals surface area contributed by atoms with Crippen molar-refractivity contribution < 1.29 is 9.59 Å². The summed E-state index contributed by atoms with van der Waals surface area (Å²) in [5.41, 5.74) is 0.866. The number of hydrazone groups is 1. The molecule has 2 heterocycles. The van der Waals surface area contributed by atoms with E-state index in [4.69, 9.17) is 11.6 Å². The van der Waals surface area contributed by atoms with Crippen LogP contribution in [0.4, 0.5) is 5.69 Å². The maximum atomic E-state index is 12.3. The second-order valence-electron chi connectivity index (χ2n) is 5.32. The van der Waals surface area contributed by atoms with Gasteiger partial charge in [0.25, 0.3) is 5.91 Å². The summed E-state index contributed by atoms with van der Waals surface area (Å²) >= 11 is 5.89. The molecular formula is C14H17ClN4O2. The smallest absolute Gasteiger partial charge is 0.261 e. The largest absolute Gasteiger partial charge is 0.322 e. The van der Waals surface area contributed by atoms with Crippen LogP contribution in [0, 0.1) is 11.8 Å². The van der Waals surface area contributed by atoms with Crippen molar-refractivity contribution in [1.29, 1.82) is 0 Å². The average Bonchev–Trinajstić information content (AvgIpc) is 2.66. The Bertz CT molecular complexity index is 600. The number of aromatic nitrogens is 1. The Labute approximate surface area is 128 Å². The fraction of sp³-hybridized carbons (Fsp3) is 0.429. The van der Waals surface area contributed by atoms with Crippen molar-refractivity contribution in [2.45, 2.75) is 20.8 Å². The van der Waals surface area contributed by atoms with Crippen LogP contribution in [0.25, 0.3) is 0 Å². The molecule has 7 heteroatoms. The molecule has 0 aromatic carbocycles. The molecule has 1 aromatic heterocycles. The molecule has 6 nitrogen and oxygen atoms in total. The van der Waals surface area contributed by atoms with Gasteiger partial charge in [-0.25, -0.2) is 9.99 Å². The van der Waals surface area contributed by atoms with E-state index in [2.05, 4.69) is 15.4 Å². The van der Waals surface area contributed by atoms with E-state index in [1.54, 1.807) is 19.1 Å². The Morgan fingerprint density at radius 3 is 2.86 bits per heavy atom. The first-order valence-electron chi connectivity index (χ1n) is 6.68. The molecule has 2 amide bonds. The number of hydrogen-bond acceptors (Lipinski definition) is 4. The van der Waals surface area contributed by atoms with E-state index < -0.39 is 11.8 Å². The first-order valence-corrected chi connectivity index (χ1v) is 7.05. The lowest BCUT2D eigenvalue weighted by Crippen LogP contribution is -2.37. The molecule has 1 aromatic rings. The average molecular weight is 309 g/mol. The molecule has 0 fully saturated rings. The van der Waals surface area contributed by atoms with Crippen molar-refractivity contribution in [2.24, 2.45) is 16.9 Å². The third-order valence-electron chi connectivity index (χ3n) is 3.01. The lowest BCUT2D eigenvalue weighted by atomic mass is 10.0. The normalized spacial score (nSPS) is 18.1. The molecule has 0 radical (unpaired) electrons. The number of hydrogen-bond donors (Lipinski definition) is 1. The first-order chi connectivity index (χ1) is 9.90. The SMILES string of the molecule is CC1=NN(CC(C)C)C(=O)[C@H]1C(=O)Nc1cccnc1Cl. The minimum atomic E-state index is -0.903. The van der Waals surface area contributed by atoms with Gasteiger partial charge in [-0.15, -0.1) is 0 Å². The zero-order valence-electron chi connectivity index (χ0n) is 12.1. The van der Waals surface area contributed by atoms with Crippen molar-refractivity contribution in [3.05, 3.63) is 23.5 Å². The highest BCUT2D eigenvalue weighted by Crippen LogP contribution is 2.22. The first kappa shape index (κ1) is 15.4. The standard InChI is InChI=1S/C14H17ClN4O2/c1-8(2)7-19-14(21)11(9(3)18-19)13(20)17-10-5-4-6-16-12(10)15/h4-6,8,11H,7H2,1-3H3,(H,17,20)/t11-/m1/s1. The third kappa shape index (κ3) is 3.39. The van der Waals surface area contributed by atoms with Crippen LogP contribution in [0.1, 0.15) is 20.8 Å². The van der Waals surface area contributed by atoms with Gasteiger partial charge in [-0.1, -0.05) is 25.4 Å². The third-order valence-corrected chi connectivity index (χ3v) is 3.32. The predicted octanol–water partition coefficient (Wildman–Crippen LogP) is 2.16. The van der Waals surface area contributed by atoms with Gasteiger partial charge in [-0.3, -0.25) is 9.59 Å². The topological polar surface area (TPSA) is 74.7 Å². The molecule has 21 heavy (non-hydrogen) atoms. The van der Waals surface area contributed by atoms with Gasteiger partial charge in [0.15, 0.2) is 11.1 Å². The second kappa shape index (κ2) is 6.22. The summed E-state index contributed by atoms with van der Waals surface area (Å²) in [4.78, 5) is 28.4. The van der Waals surface area contributed by atoms with Crippen LogP contribution in [0.5, 0.6) is 0 Å². The van der Waals surface area contributed by atoms with Gasteiger partial charge in [0, 0.05) is 12.7 Å². The van der Waals surface area contributed by atoms with Crippen LogP contribution in [-0.4, -0.2) is 34.1 Å². The quantitative estimate of drug-likeness (QED) is 0.684. The number of halogens is 1. The molecule has 0 saturated carbocycles. The lowest BCUT2D eigenvalue weighted by Gasteiger charge is -2.16. The van der Waals surface area contributed by atoms with Gasteiger partial charge < -0.3 is 5.32 Å². The summed E-state index contributed by atoms with van der Waals surface area (Å²) in [6.07, 6.45) is 1.52. The van der Waals surface area contributed by atoms with Crippen LogP contribution < -0.4 is 5.32 Å². The molecule has 0 unspecified atom stereocenters. The van der Waals surface area contributed by atoms with Crippen LogP contribution >= 0.6 is 11.6 Å². The van der Waals surface area contributed by atoms with Crippen LogP contribution in [-0.2, 0) is 9.59 Å². The minimum absolute atomic E-state index is 0.185. The number of pyridine rings is 1. The Hall–Kier alpha value is -1.95. The van der Waals surface area contributed by atoms with Crippen molar-refractivity contribution >= 4 is 34.8 Å². The van der Waals surface area contributed by atoms with Crippen LogP contribution in [0.2, 0.25) is 5.15 Å². The van der Waals surface area contributed by atoms with Crippen molar-refractivity contribution in [1.82, 2.24) is 9.99 Å². The summed E-state index contributed by atoms with van der Waals surface area (Å²) in [6, 6.07) is 3.29. The Morgan fingerprint density at radius 1 is 1.52 bits per heavy atom. The highest BCUT2D eigenvalue weighted by molar-refractivity contribution is 6.33. The molecule has 1 aliphatic heterocycles. The summed E-state index contributed by atoms with van der Waals surface area (Å²) in [7, 11) is 0. The Morgan fingerprint density at radius 2 is 2.24 bits per heavy atom. The van der Waals surface area contributed by atoms with Gasteiger partial charge in [-0.05, 0) is 25.0 Å². The number of nitrogens with zero attached hydrogens (tertiary/aromatic N) is 3. The lowest BCUT2D eigenvalue weighted by molar-refractivity contribution is -0.136. The molecule has 1 aliphatic rings. The molecule has 0 spiro atoms. The van der Waals surface area contributed by atoms with Gasteiger partial charge in [0.1, 0.15) is 0 Å². The predicted molar refractivity (Wildman–Crippen MR) is 81.0 cm³/mol. The molecule has 0 aliphatic carbocycles. The van der Waals surface area contributed by atoms with Crippen molar-refractivity contribution in [3.8, 4) is 0 Å². The van der Waals surface area contributed by atoms with Gasteiger partial charge in [-0.2, -0.15) is 5.10 Å². The second-order valence-corrected chi connectivity index (χ2v) is 5.68. The zero-order valence-corrected chi connectivity index (χ0v) is 12.9. The number of carbonyl (C=O) groups is 2. The Balaban J connectivity index is 2.12. The summed E-state index contributed by atoms with van der Waals surface area (Å²) in [5, 5.41) is 8.33. The maximum absolute atomic E-state index is 12.3. The number of amides is 2. The molecule has 112 valence electrons. The van der Waals surface area contributed by atoms with E-state index in [0.29, 0.717) is 17.9 Å². The zero-order chi connectivity index (χ0) is 15.6. The van der Waals surface area contributed by atoms with Gasteiger partial charge in [0.05, 0.1) is 11.4 Å². The maximum Gasteiger partial charge on any atom is 0.261 e. The minimum Gasteiger partial charge on any atom is -0.322 e. The Kier molecular flexibility index (Phi) is 4.57. The molecule has 0 saturated heterocycles. The van der Waals surface area contributed by atoms with E-state index >= 15 is 0 Å². The number of carbonyl (C=O) groups excluding carboxylic acids is 2. The molecule has 1 N–H and O–H groups in total. The van der Waals surface area contributed by atoms with Crippen molar-refractivity contribution in [2.75, 3.05) is 11.9 Å². The van der Waals surface area contributed by atoms with E-state index in [0.717, 1.165) is 0 Å². The molecule has 0 bridgehead atoms. The summed E-state index contributed by atoms with van der Waals surface area (Å²) < 4.78 is 0. The van der Waals surface area contributed by atoms with E-state index in [9.17, 15) is 9.59 Å². The van der Waals surface area contributed by atoms with E-state index in [-0.39, 0.29) is 17.0 Å². The van der Waals surface area contributed by atoms with Crippen molar-refractivity contribution in [3.63, 3.8) is 0 Å². The fourth-order valence-corrected chi connectivity index (χ4v) is 2.25. The fourth-order valence-electron chi connectivity index (χ4n) is 2.09. The van der Waals surface area contributed by atoms with Crippen LogP contribution in [0.3, 0.4) is 0 Å². The molecule has 2 rings (SSSR count). The van der Waals surface area contributed by atoms with E-state index in [1.807, 2.05) is 13.8 Å². The number of rotatable bonds is 4. The monoisotopic (exact) mass is 308 g/mol. The highest BCUT2D eigenvalue weighted by atomic mass is 35.5. The summed E-state index contributed by atoms with van der Waals surface area (Å²) in [5.74, 6) is -1.37. The van der Waals surface area contributed by atoms with E-state index in [1.165, 1.54) is 11.2 Å². The number of anilines is 1. The molecular weight excluding hydrogens is 292 g/mol. The van der Waals surface area contributed by atoms with Crippen LogP contribution in [0.15, 0.2) is 23.4 Å². The molecule has 1 atom stereocenters. The van der Waals surface area contributed by atoms with Gasteiger partial charge in [0.2, 0.25) is 5.91 Å². The van der Waals surface area contributed by atoms with Gasteiger partial charge >= 0.3 is 0 Å².